The molecule has 1 aromatic carbocycles. The summed E-state index contributed by atoms with van der Waals surface area (Å²) in [5, 5.41) is 15.8. The summed E-state index contributed by atoms with van der Waals surface area (Å²) in [6.07, 6.45) is 4.16. The third kappa shape index (κ3) is 10.7. The second-order valence-corrected chi connectivity index (χ2v) is 10.5. The molecule has 8 nitrogen and oxygen atoms in total. The highest BCUT2D eigenvalue weighted by atomic mass is 32.2. The van der Waals surface area contributed by atoms with Gasteiger partial charge in [-0.1, -0.05) is 51.8 Å². The van der Waals surface area contributed by atoms with Gasteiger partial charge in [0, 0.05) is 36.5 Å². The van der Waals surface area contributed by atoms with E-state index in [2.05, 4.69) is 37.1 Å². The van der Waals surface area contributed by atoms with Crippen LogP contribution in [0.1, 0.15) is 56.8 Å². The third-order valence-corrected chi connectivity index (χ3v) is 7.46. The summed E-state index contributed by atoms with van der Waals surface area (Å²) in [4.78, 5) is 40.7. The van der Waals surface area contributed by atoms with Crippen molar-refractivity contribution in [3.8, 4) is 0 Å². The fraction of sp³-hybridized carbons (Fsp3) is 0.654. The monoisotopic (exact) mass is 540 g/mol. The summed E-state index contributed by atoms with van der Waals surface area (Å²) in [5.41, 5.74) is 6.57. The van der Waals surface area contributed by atoms with Crippen molar-refractivity contribution in [2.24, 2.45) is 11.7 Å². The molecule has 1 aromatic rings. The lowest BCUT2D eigenvalue weighted by molar-refractivity contribution is -0.142. The van der Waals surface area contributed by atoms with E-state index in [0.717, 1.165) is 6.42 Å². The van der Waals surface area contributed by atoms with Crippen LogP contribution in [0.3, 0.4) is 0 Å². The molecule has 204 valence electrons. The van der Waals surface area contributed by atoms with Crippen LogP contribution in [0.15, 0.2) is 30.3 Å². The summed E-state index contributed by atoms with van der Waals surface area (Å²) in [6, 6.07) is 6.84. The first-order valence-corrected chi connectivity index (χ1v) is 14.7. The van der Waals surface area contributed by atoms with Crippen molar-refractivity contribution in [2.45, 2.75) is 70.6 Å². The van der Waals surface area contributed by atoms with E-state index in [-0.39, 0.29) is 23.9 Å². The number of nitrogens with one attached hydrogen (secondary N) is 2. The molecule has 0 aliphatic rings. The van der Waals surface area contributed by atoms with Crippen LogP contribution in [0.2, 0.25) is 0 Å². The minimum atomic E-state index is -1.08. The molecule has 0 saturated heterocycles. The van der Waals surface area contributed by atoms with Crippen LogP contribution < -0.4 is 16.4 Å². The van der Waals surface area contributed by atoms with Crippen molar-refractivity contribution in [3.63, 3.8) is 0 Å². The Balaban J connectivity index is 3.35. The molecule has 0 aliphatic heterocycles. The first kappa shape index (κ1) is 32.3. The Morgan fingerprint density at radius 2 is 1.83 bits per heavy atom. The van der Waals surface area contributed by atoms with Crippen molar-refractivity contribution in [3.05, 3.63) is 35.9 Å². The number of nitrogens with zero attached hydrogens (tertiary/aromatic N) is 1. The summed E-state index contributed by atoms with van der Waals surface area (Å²) < 4.78 is 0. The predicted octanol–water partition coefficient (Wildman–Crippen LogP) is 2.88. The second-order valence-electron chi connectivity index (χ2n) is 9.15. The highest BCUT2D eigenvalue weighted by Crippen LogP contribution is 2.18. The van der Waals surface area contributed by atoms with E-state index in [1.54, 1.807) is 29.2 Å². The third-order valence-electron chi connectivity index (χ3n) is 6.35. The van der Waals surface area contributed by atoms with Gasteiger partial charge < -0.3 is 26.4 Å². The number of carbonyl (C=O) groups is 3. The Hall–Kier alpha value is -1.75. The van der Waals surface area contributed by atoms with E-state index in [1.165, 1.54) is 11.8 Å². The van der Waals surface area contributed by atoms with E-state index in [1.807, 2.05) is 19.2 Å². The number of carboxylic acids is 1. The Kier molecular flexibility index (Phi) is 15.8. The summed E-state index contributed by atoms with van der Waals surface area (Å²) >= 11 is 5.79. The molecule has 36 heavy (non-hydrogen) atoms. The van der Waals surface area contributed by atoms with E-state index >= 15 is 0 Å². The van der Waals surface area contributed by atoms with Crippen LogP contribution in [0, 0.1) is 5.92 Å². The van der Waals surface area contributed by atoms with E-state index < -0.39 is 24.0 Å². The van der Waals surface area contributed by atoms with E-state index in [9.17, 15) is 19.5 Å². The molecule has 0 fully saturated rings. The van der Waals surface area contributed by atoms with Gasteiger partial charge in [-0.25, -0.2) is 4.79 Å². The smallest absolute Gasteiger partial charge is 0.326 e. The molecule has 0 aromatic heterocycles. The van der Waals surface area contributed by atoms with Crippen molar-refractivity contribution >= 4 is 42.2 Å². The highest BCUT2D eigenvalue weighted by molar-refractivity contribution is 7.98. The standard InChI is InChI=1S/C26H44N4O4S2/c1-5-10-23(24(31)29-21(26(33)34)13-14-36-4)30(25(32)19-11-8-7-9-12-19)16-22(18(3)6-2)28-15-20(27)17-35/h7-9,11-12,18,20-23,28,35H,5-6,10,13-17,27H2,1-4H3,(H,29,31)(H,33,34)/t18-,20+,21-,22+,23-/m0/s1. The number of nitrogens with two attached hydrogens (primary N) is 1. The number of thiol groups is 1. The van der Waals surface area contributed by atoms with Gasteiger partial charge in [0.1, 0.15) is 12.1 Å². The Morgan fingerprint density at radius 3 is 2.36 bits per heavy atom. The van der Waals surface area contributed by atoms with E-state index in [0.29, 0.717) is 49.4 Å². The van der Waals surface area contributed by atoms with Crippen molar-refractivity contribution in [2.75, 3.05) is 30.9 Å². The number of amides is 2. The minimum Gasteiger partial charge on any atom is -0.480 e. The molecule has 0 spiro atoms. The van der Waals surface area contributed by atoms with Gasteiger partial charge in [-0.05, 0) is 42.9 Å². The van der Waals surface area contributed by atoms with Crippen molar-refractivity contribution < 1.29 is 19.5 Å². The topological polar surface area (TPSA) is 125 Å². The molecule has 0 radical (unpaired) electrons. The SMILES string of the molecule is CCC[C@@H](C(=O)N[C@@H](CCSC)C(=O)O)N(C[C@@H](NC[C@@H](N)CS)[C@@H](C)CC)C(=O)c1ccccc1. The molecule has 5 N–H and O–H groups in total. The molecular formula is C26H44N4O4S2. The average molecular weight is 541 g/mol. The lowest BCUT2D eigenvalue weighted by Crippen LogP contribution is -2.57. The molecule has 0 aliphatic carbocycles. The number of carbonyl (C=O) groups excluding carboxylic acids is 2. The summed E-state index contributed by atoms with van der Waals surface area (Å²) in [7, 11) is 0. The molecular weight excluding hydrogens is 496 g/mol. The summed E-state index contributed by atoms with van der Waals surface area (Å²) in [5.74, 6) is -0.428. The van der Waals surface area contributed by atoms with Crippen molar-refractivity contribution in [1.82, 2.24) is 15.5 Å². The van der Waals surface area contributed by atoms with Crippen LogP contribution in [0.4, 0.5) is 0 Å². The molecule has 0 unspecified atom stereocenters. The number of carboxylic acid groups (broad SMARTS) is 1. The van der Waals surface area contributed by atoms with Gasteiger partial charge in [0.25, 0.3) is 5.91 Å². The zero-order chi connectivity index (χ0) is 27.1. The molecule has 2 amide bonds. The van der Waals surface area contributed by atoms with Gasteiger partial charge >= 0.3 is 5.97 Å². The van der Waals surface area contributed by atoms with Crippen LogP contribution >= 0.6 is 24.4 Å². The Bertz CT molecular complexity index is 799. The van der Waals surface area contributed by atoms with Crippen molar-refractivity contribution in [1.29, 1.82) is 0 Å². The van der Waals surface area contributed by atoms with Gasteiger partial charge in [0.05, 0.1) is 0 Å². The maximum atomic E-state index is 13.8. The number of hydrogen-bond donors (Lipinski definition) is 5. The summed E-state index contributed by atoms with van der Waals surface area (Å²) in [6.45, 7) is 6.96. The fourth-order valence-corrected chi connectivity index (χ4v) is 4.47. The number of thioether (sulfide) groups is 1. The normalized spacial score (nSPS) is 15.4. The van der Waals surface area contributed by atoms with E-state index in [4.69, 9.17) is 5.73 Å². The maximum absolute atomic E-state index is 13.8. The fourth-order valence-electron chi connectivity index (χ4n) is 3.87. The van der Waals surface area contributed by atoms with Crippen LogP contribution in [-0.4, -0.2) is 82.8 Å². The van der Waals surface area contributed by atoms with Gasteiger partial charge in [0.2, 0.25) is 5.91 Å². The van der Waals surface area contributed by atoms with Crippen LogP contribution in [0.25, 0.3) is 0 Å². The largest absolute Gasteiger partial charge is 0.480 e. The molecule has 10 heteroatoms. The molecule has 0 saturated carbocycles. The predicted molar refractivity (Wildman–Crippen MR) is 152 cm³/mol. The number of rotatable bonds is 18. The molecule has 5 atom stereocenters. The quantitative estimate of drug-likeness (QED) is 0.181. The minimum absolute atomic E-state index is 0.104. The first-order valence-electron chi connectivity index (χ1n) is 12.7. The zero-order valence-electron chi connectivity index (χ0n) is 22.0. The van der Waals surface area contributed by atoms with Gasteiger partial charge in [0.15, 0.2) is 0 Å². The number of benzene rings is 1. The number of aliphatic carboxylic acids is 1. The Labute approximate surface area is 225 Å². The van der Waals surface area contributed by atoms with Gasteiger partial charge in [-0.3, -0.25) is 9.59 Å². The lowest BCUT2D eigenvalue weighted by atomic mass is 9.96. The highest BCUT2D eigenvalue weighted by Gasteiger charge is 2.34. The zero-order valence-corrected chi connectivity index (χ0v) is 23.7. The molecule has 0 heterocycles. The molecule has 1 rings (SSSR count). The van der Waals surface area contributed by atoms with Crippen LogP contribution in [0.5, 0.6) is 0 Å². The van der Waals surface area contributed by atoms with Gasteiger partial charge in [-0.2, -0.15) is 24.4 Å². The number of hydrogen-bond acceptors (Lipinski definition) is 7. The Morgan fingerprint density at radius 1 is 1.17 bits per heavy atom. The molecule has 0 bridgehead atoms. The maximum Gasteiger partial charge on any atom is 0.326 e. The van der Waals surface area contributed by atoms with Gasteiger partial charge in [-0.15, -0.1) is 0 Å². The second kappa shape index (κ2) is 17.7. The first-order chi connectivity index (χ1) is 17.2. The lowest BCUT2D eigenvalue weighted by Gasteiger charge is -2.37. The van der Waals surface area contributed by atoms with Crippen LogP contribution in [-0.2, 0) is 9.59 Å². The average Bonchev–Trinajstić information content (AvgIpc) is 2.89.